The molecule has 0 fully saturated rings. The molecule has 0 unspecified atom stereocenters. The summed E-state index contributed by atoms with van der Waals surface area (Å²) in [5.74, 6) is 0.477. The maximum absolute atomic E-state index is 12.5. The van der Waals surface area contributed by atoms with E-state index in [4.69, 9.17) is 4.74 Å². The summed E-state index contributed by atoms with van der Waals surface area (Å²) in [7, 11) is 1.57. The predicted octanol–water partition coefficient (Wildman–Crippen LogP) is 3.45. The van der Waals surface area contributed by atoms with Gasteiger partial charge in [0, 0.05) is 23.3 Å². The summed E-state index contributed by atoms with van der Waals surface area (Å²) in [5, 5.41) is 10.8. The first-order chi connectivity index (χ1) is 9.93. The molecule has 2 aromatic rings. The second-order valence-electron chi connectivity index (χ2n) is 4.77. The van der Waals surface area contributed by atoms with Crippen LogP contribution in [0.2, 0.25) is 0 Å². The van der Waals surface area contributed by atoms with Crippen LogP contribution in [0.3, 0.4) is 0 Å². The molecule has 5 nitrogen and oxygen atoms in total. The average Bonchev–Trinajstić information content (AvgIpc) is 2.48. The van der Waals surface area contributed by atoms with Crippen molar-refractivity contribution in [2.45, 2.75) is 13.8 Å². The van der Waals surface area contributed by atoms with Crippen LogP contribution in [0, 0.1) is 24.0 Å². The van der Waals surface area contributed by atoms with Crippen LogP contribution in [-0.4, -0.2) is 17.8 Å². The van der Waals surface area contributed by atoms with E-state index >= 15 is 0 Å². The normalized spacial score (nSPS) is 10.2. The van der Waals surface area contributed by atoms with Crippen molar-refractivity contribution >= 4 is 11.5 Å². The third-order valence-electron chi connectivity index (χ3n) is 3.31. The highest BCUT2D eigenvalue weighted by atomic mass is 16.6. The van der Waals surface area contributed by atoms with Gasteiger partial charge >= 0.3 is 0 Å². The van der Waals surface area contributed by atoms with Crippen LogP contribution in [0.4, 0.5) is 5.69 Å². The highest BCUT2D eigenvalue weighted by Crippen LogP contribution is 2.25. The topological polar surface area (TPSA) is 69.4 Å². The number of hydrogen-bond acceptors (Lipinski definition) is 4. The number of nitrogens with zero attached hydrogens (tertiary/aromatic N) is 1. The van der Waals surface area contributed by atoms with Crippen molar-refractivity contribution in [3.63, 3.8) is 0 Å². The van der Waals surface area contributed by atoms with Gasteiger partial charge < -0.3 is 4.74 Å². The molecule has 108 valence electrons. The van der Waals surface area contributed by atoms with E-state index in [0.29, 0.717) is 16.9 Å². The van der Waals surface area contributed by atoms with Crippen molar-refractivity contribution in [2.24, 2.45) is 0 Å². The van der Waals surface area contributed by atoms with Gasteiger partial charge in [-0.2, -0.15) is 0 Å². The average molecular weight is 285 g/mol. The zero-order valence-corrected chi connectivity index (χ0v) is 12.0. The largest absolute Gasteiger partial charge is 0.496 e. The summed E-state index contributed by atoms with van der Waals surface area (Å²) in [6.45, 7) is 3.66. The van der Waals surface area contributed by atoms with Crippen LogP contribution in [0.25, 0.3) is 0 Å². The number of methoxy groups -OCH3 is 1. The number of carbonyl (C=O) groups is 1. The lowest BCUT2D eigenvalue weighted by atomic mass is 9.96. The number of benzene rings is 2. The van der Waals surface area contributed by atoms with E-state index in [0.717, 1.165) is 11.1 Å². The molecule has 0 heterocycles. The minimum Gasteiger partial charge on any atom is -0.496 e. The van der Waals surface area contributed by atoms with Gasteiger partial charge in [0.15, 0.2) is 5.78 Å². The van der Waals surface area contributed by atoms with Crippen molar-refractivity contribution in [1.29, 1.82) is 0 Å². The van der Waals surface area contributed by atoms with E-state index in [1.54, 1.807) is 25.3 Å². The molecule has 0 aromatic heterocycles. The zero-order chi connectivity index (χ0) is 15.6. The third kappa shape index (κ3) is 2.91. The fourth-order valence-corrected chi connectivity index (χ4v) is 2.17. The van der Waals surface area contributed by atoms with E-state index in [9.17, 15) is 14.9 Å². The van der Waals surface area contributed by atoms with Gasteiger partial charge in [-0.1, -0.05) is 12.1 Å². The molecule has 2 rings (SSSR count). The Kier molecular flexibility index (Phi) is 4.03. The fraction of sp³-hybridized carbons (Fsp3) is 0.188. The first-order valence-corrected chi connectivity index (χ1v) is 6.38. The van der Waals surface area contributed by atoms with Crippen molar-refractivity contribution in [1.82, 2.24) is 0 Å². The van der Waals surface area contributed by atoms with E-state index in [2.05, 4.69) is 0 Å². The number of rotatable bonds is 4. The van der Waals surface area contributed by atoms with Crippen LogP contribution in [-0.2, 0) is 0 Å². The molecule has 0 aliphatic heterocycles. The maximum atomic E-state index is 12.5. The van der Waals surface area contributed by atoms with Gasteiger partial charge in [-0.3, -0.25) is 14.9 Å². The summed E-state index contributed by atoms with van der Waals surface area (Å²) < 4.78 is 5.22. The summed E-state index contributed by atoms with van der Waals surface area (Å²) in [6.07, 6.45) is 0. The molecule has 0 spiro atoms. The number of nitro groups is 1. The second-order valence-corrected chi connectivity index (χ2v) is 4.77. The predicted molar refractivity (Wildman–Crippen MR) is 79.0 cm³/mol. The number of carbonyl (C=O) groups excluding carboxylic acids is 1. The van der Waals surface area contributed by atoms with Gasteiger partial charge in [0.05, 0.1) is 12.0 Å². The van der Waals surface area contributed by atoms with Gasteiger partial charge in [0.1, 0.15) is 5.75 Å². The second kappa shape index (κ2) is 5.75. The van der Waals surface area contributed by atoms with E-state index in [-0.39, 0.29) is 11.5 Å². The highest BCUT2D eigenvalue weighted by Gasteiger charge is 2.16. The quantitative estimate of drug-likeness (QED) is 0.490. The fourth-order valence-electron chi connectivity index (χ4n) is 2.17. The number of non-ortho nitro benzene ring substituents is 1. The van der Waals surface area contributed by atoms with Gasteiger partial charge in [0.25, 0.3) is 5.69 Å². The zero-order valence-electron chi connectivity index (χ0n) is 12.0. The van der Waals surface area contributed by atoms with Crippen LogP contribution >= 0.6 is 0 Å². The molecule has 0 radical (unpaired) electrons. The summed E-state index contributed by atoms with van der Waals surface area (Å²) in [4.78, 5) is 22.8. The highest BCUT2D eigenvalue weighted by molar-refractivity contribution is 6.10. The standard InChI is InChI=1S/C16H15NO4/c1-10-8-15(21-3)11(2)7-14(10)16(18)12-5-4-6-13(9-12)17(19)20/h4-9H,1-3H3. The molecular formula is C16H15NO4. The Morgan fingerprint density at radius 2 is 1.86 bits per heavy atom. The first-order valence-electron chi connectivity index (χ1n) is 6.38. The summed E-state index contributed by atoms with van der Waals surface area (Å²) >= 11 is 0. The molecule has 0 atom stereocenters. The summed E-state index contributed by atoms with van der Waals surface area (Å²) in [6, 6.07) is 9.28. The molecule has 21 heavy (non-hydrogen) atoms. The van der Waals surface area contributed by atoms with Crippen LogP contribution < -0.4 is 4.74 Å². The minimum absolute atomic E-state index is 0.0938. The number of ketones is 1. The number of ether oxygens (including phenoxy) is 1. The molecule has 0 aliphatic carbocycles. The first kappa shape index (κ1) is 14.7. The smallest absolute Gasteiger partial charge is 0.270 e. The number of hydrogen-bond donors (Lipinski definition) is 0. The molecule has 0 saturated carbocycles. The monoisotopic (exact) mass is 285 g/mol. The molecule has 5 heteroatoms. The Morgan fingerprint density at radius 1 is 1.14 bits per heavy atom. The number of nitro benzene ring substituents is 1. The third-order valence-corrected chi connectivity index (χ3v) is 3.31. The lowest BCUT2D eigenvalue weighted by Gasteiger charge is -2.10. The summed E-state index contributed by atoms with van der Waals surface area (Å²) in [5.41, 5.74) is 2.35. The Labute approximate surface area is 122 Å². The molecule has 0 saturated heterocycles. The van der Waals surface area contributed by atoms with Crippen molar-refractivity contribution in [3.05, 3.63) is 68.8 Å². The Hall–Kier alpha value is -2.69. The van der Waals surface area contributed by atoms with Crippen LogP contribution in [0.1, 0.15) is 27.0 Å². The molecule has 0 bridgehead atoms. The Balaban J connectivity index is 2.47. The lowest BCUT2D eigenvalue weighted by molar-refractivity contribution is -0.384. The van der Waals surface area contributed by atoms with Crippen LogP contribution in [0.5, 0.6) is 5.75 Å². The Bertz CT molecular complexity index is 722. The van der Waals surface area contributed by atoms with Crippen molar-refractivity contribution in [3.8, 4) is 5.75 Å². The van der Waals surface area contributed by atoms with Gasteiger partial charge in [-0.05, 0) is 37.1 Å². The van der Waals surface area contributed by atoms with Crippen LogP contribution in [0.15, 0.2) is 36.4 Å². The maximum Gasteiger partial charge on any atom is 0.270 e. The van der Waals surface area contributed by atoms with Gasteiger partial charge in [0.2, 0.25) is 0 Å². The Morgan fingerprint density at radius 3 is 2.48 bits per heavy atom. The van der Waals surface area contributed by atoms with E-state index in [1.807, 2.05) is 13.8 Å². The molecule has 0 amide bonds. The lowest BCUT2D eigenvalue weighted by Crippen LogP contribution is -2.05. The van der Waals surface area contributed by atoms with E-state index < -0.39 is 4.92 Å². The minimum atomic E-state index is -0.511. The molecule has 0 N–H and O–H groups in total. The molecule has 2 aromatic carbocycles. The molecule has 0 aliphatic rings. The van der Waals surface area contributed by atoms with E-state index in [1.165, 1.54) is 18.2 Å². The van der Waals surface area contributed by atoms with Crippen molar-refractivity contribution < 1.29 is 14.5 Å². The van der Waals surface area contributed by atoms with Gasteiger partial charge in [-0.25, -0.2) is 0 Å². The number of aryl methyl sites for hydroxylation is 2. The van der Waals surface area contributed by atoms with Crippen molar-refractivity contribution in [2.75, 3.05) is 7.11 Å². The van der Waals surface area contributed by atoms with Gasteiger partial charge in [-0.15, -0.1) is 0 Å². The molecular weight excluding hydrogens is 270 g/mol. The SMILES string of the molecule is COc1cc(C)c(C(=O)c2cccc([N+](=O)[O-])c2)cc1C.